The van der Waals surface area contributed by atoms with Crippen LogP contribution in [0.1, 0.15) is 41.3 Å². The van der Waals surface area contributed by atoms with Gasteiger partial charge in [-0.15, -0.1) is 0 Å². The standard InChI is InChI=1S/C17H18BrNO/c1-11(2)13-5-7-14(8-6-13)19-17(20)15-10-12(3)4-9-16(15)18/h4-11H,1-3H3,(H,19,20). The first-order valence-corrected chi connectivity index (χ1v) is 7.44. The van der Waals surface area contributed by atoms with Gasteiger partial charge in [0.2, 0.25) is 0 Å². The van der Waals surface area contributed by atoms with Crippen LogP contribution >= 0.6 is 15.9 Å². The monoisotopic (exact) mass is 331 g/mol. The topological polar surface area (TPSA) is 29.1 Å². The van der Waals surface area contributed by atoms with Crippen LogP contribution in [-0.4, -0.2) is 5.91 Å². The first-order valence-electron chi connectivity index (χ1n) is 6.65. The van der Waals surface area contributed by atoms with Gasteiger partial charge in [-0.3, -0.25) is 4.79 Å². The molecule has 3 heteroatoms. The minimum atomic E-state index is -0.0992. The Hall–Kier alpha value is -1.61. The van der Waals surface area contributed by atoms with Crippen LogP contribution < -0.4 is 5.32 Å². The Labute approximate surface area is 128 Å². The Kier molecular flexibility index (Phi) is 4.61. The average Bonchev–Trinajstić information content (AvgIpc) is 2.42. The third kappa shape index (κ3) is 3.48. The molecule has 0 unspecified atom stereocenters. The zero-order valence-electron chi connectivity index (χ0n) is 11.9. The number of halogens is 1. The number of carbonyl (C=O) groups is 1. The van der Waals surface area contributed by atoms with Gasteiger partial charge in [0.1, 0.15) is 0 Å². The summed E-state index contributed by atoms with van der Waals surface area (Å²) in [5.74, 6) is 0.392. The average molecular weight is 332 g/mol. The van der Waals surface area contributed by atoms with Crippen LogP contribution in [0.25, 0.3) is 0 Å². The van der Waals surface area contributed by atoms with Gasteiger partial charge < -0.3 is 5.32 Å². The molecule has 0 radical (unpaired) electrons. The Morgan fingerprint density at radius 3 is 2.35 bits per heavy atom. The number of benzene rings is 2. The maximum atomic E-state index is 12.3. The highest BCUT2D eigenvalue weighted by Gasteiger charge is 2.10. The molecule has 0 aromatic heterocycles. The molecule has 0 heterocycles. The molecule has 0 saturated heterocycles. The highest BCUT2D eigenvalue weighted by Crippen LogP contribution is 2.21. The second kappa shape index (κ2) is 6.23. The van der Waals surface area contributed by atoms with Crippen molar-refractivity contribution >= 4 is 27.5 Å². The molecule has 2 aromatic carbocycles. The molecule has 0 aliphatic carbocycles. The Morgan fingerprint density at radius 2 is 1.75 bits per heavy atom. The van der Waals surface area contributed by atoms with E-state index in [-0.39, 0.29) is 5.91 Å². The quantitative estimate of drug-likeness (QED) is 0.829. The highest BCUT2D eigenvalue weighted by atomic mass is 79.9. The highest BCUT2D eigenvalue weighted by molar-refractivity contribution is 9.10. The molecule has 2 nitrogen and oxygen atoms in total. The number of anilines is 1. The van der Waals surface area contributed by atoms with E-state index in [4.69, 9.17) is 0 Å². The lowest BCUT2D eigenvalue weighted by Crippen LogP contribution is -2.12. The van der Waals surface area contributed by atoms with E-state index in [0.717, 1.165) is 15.7 Å². The van der Waals surface area contributed by atoms with Crippen molar-refractivity contribution < 1.29 is 4.79 Å². The van der Waals surface area contributed by atoms with Crippen molar-refractivity contribution in [3.63, 3.8) is 0 Å². The van der Waals surface area contributed by atoms with E-state index in [0.29, 0.717) is 11.5 Å². The van der Waals surface area contributed by atoms with Gasteiger partial charge in [-0.25, -0.2) is 0 Å². The number of nitrogens with one attached hydrogen (secondary N) is 1. The van der Waals surface area contributed by atoms with E-state index >= 15 is 0 Å². The van der Waals surface area contributed by atoms with Crippen molar-refractivity contribution in [2.24, 2.45) is 0 Å². The number of hydrogen-bond donors (Lipinski definition) is 1. The fraction of sp³-hybridized carbons (Fsp3) is 0.235. The van der Waals surface area contributed by atoms with E-state index in [1.165, 1.54) is 5.56 Å². The largest absolute Gasteiger partial charge is 0.322 e. The molecule has 2 rings (SSSR count). The maximum Gasteiger partial charge on any atom is 0.256 e. The Balaban J connectivity index is 2.17. The van der Waals surface area contributed by atoms with E-state index in [9.17, 15) is 4.79 Å². The van der Waals surface area contributed by atoms with Gasteiger partial charge in [0.25, 0.3) is 5.91 Å². The van der Waals surface area contributed by atoms with E-state index in [1.54, 1.807) is 0 Å². The summed E-state index contributed by atoms with van der Waals surface area (Å²) in [6.45, 7) is 6.27. The van der Waals surface area contributed by atoms with Gasteiger partial charge in [-0.2, -0.15) is 0 Å². The minimum Gasteiger partial charge on any atom is -0.322 e. The maximum absolute atomic E-state index is 12.3. The van der Waals surface area contributed by atoms with Crippen molar-refractivity contribution in [3.05, 3.63) is 63.6 Å². The fourth-order valence-corrected chi connectivity index (χ4v) is 2.39. The second-order valence-corrected chi connectivity index (χ2v) is 6.07. The number of carbonyl (C=O) groups excluding carboxylic acids is 1. The van der Waals surface area contributed by atoms with Crippen molar-refractivity contribution in [2.75, 3.05) is 5.32 Å². The van der Waals surface area contributed by atoms with E-state index in [1.807, 2.05) is 49.4 Å². The van der Waals surface area contributed by atoms with Gasteiger partial charge in [0.05, 0.1) is 5.56 Å². The normalized spacial score (nSPS) is 10.7. The number of hydrogen-bond acceptors (Lipinski definition) is 1. The molecule has 1 N–H and O–H groups in total. The summed E-state index contributed by atoms with van der Waals surface area (Å²) in [5.41, 5.74) is 3.79. The predicted molar refractivity (Wildman–Crippen MR) is 87.4 cm³/mol. The summed E-state index contributed by atoms with van der Waals surface area (Å²) in [7, 11) is 0. The minimum absolute atomic E-state index is 0.0992. The van der Waals surface area contributed by atoms with E-state index < -0.39 is 0 Å². The van der Waals surface area contributed by atoms with Crippen molar-refractivity contribution in [1.82, 2.24) is 0 Å². The first-order chi connectivity index (χ1) is 9.47. The lowest BCUT2D eigenvalue weighted by atomic mass is 10.0. The van der Waals surface area contributed by atoms with Gasteiger partial charge in [0, 0.05) is 10.2 Å². The molecule has 104 valence electrons. The molecular formula is C17H18BrNO. The fourth-order valence-electron chi connectivity index (χ4n) is 1.96. The Morgan fingerprint density at radius 1 is 1.10 bits per heavy atom. The van der Waals surface area contributed by atoms with Crippen LogP contribution in [0.3, 0.4) is 0 Å². The molecule has 0 aliphatic rings. The lowest BCUT2D eigenvalue weighted by Gasteiger charge is -2.10. The molecule has 0 spiro atoms. The molecule has 0 aliphatic heterocycles. The summed E-state index contributed by atoms with van der Waals surface area (Å²) in [4.78, 5) is 12.3. The molecule has 0 atom stereocenters. The van der Waals surface area contributed by atoms with Gasteiger partial charge in [0.15, 0.2) is 0 Å². The van der Waals surface area contributed by atoms with Gasteiger partial charge in [-0.1, -0.05) is 37.6 Å². The summed E-state index contributed by atoms with van der Waals surface area (Å²) in [5, 5.41) is 2.92. The van der Waals surface area contributed by atoms with Crippen molar-refractivity contribution in [3.8, 4) is 0 Å². The summed E-state index contributed by atoms with van der Waals surface area (Å²) >= 11 is 3.41. The first kappa shape index (κ1) is 14.8. The zero-order chi connectivity index (χ0) is 14.7. The van der Waals surface area contributed by atoms with Crippen LogP contribution in [0.15, 0.2) is 46.9 Å². The molecular weight excluding hydrogens is 314 g/mol. The lowest BCUT2D eigenvalue weighted by molar-refractivity contribution is 0.102. The number of aryl methyl sites for hydroxylation is 1. The van der Waals surface area contributed by atoms with Crippen molar-refractivity contribution in [2.45, 2.75) is 26.7 Å². The number of rotatable bonds is 3. The molecule has 0 fully saturated rings. The summed E-state index contributed by atoms with van der Waals surface area (Å²) in [6.07, 6.45) is 0. The smallest absolute Gasteiger partial charge is 0.256 e. The summed E-state index contributed by atoms with van der Waals surface area (Å²) in [6, 6.07) is 13.7. The summed E-state index contributed by atoms with van der Waals surface area (Å²) < 4.78 is 0.805. The van der Waals surface area contributed by atoms with Crippen LogP contribution in [0.5, 0.6) is 0 Å². The van der Waals surface area contributed by atoms with E-state index in [2.05, 4.69) is 35.1 Å². The third-order valence-electron chi connectivity index (χ3n) is 3.20. The number of amides is 1. The van der Waals surface area contributed by atoms with Crippen LogP contribution in [-0.2, 0) is 0 Å². The molecule has 1 amide bonds. The molecule has 2 aromatic rings. The molecule has 0 saturated carbocycles. The third-order valence-corrected chi connectivity index (χ3v) is 3.89. The molecule has 20 heavy (non-hydrogen) atoms. The van der Waals surface area contributed by atoms with Gasteiger partial charge in [-0.05, 0) is 58.6 Å². The van der Waals surface area contributed by atoms with Crippen LogP contribution in [0.4, 0.5) is 5.69 Å². The Bertz CT molecular complexity index is 617. The van der Waals surface area contributed by atoms with Crippen molar-refractivity contribution in [1.29, 1.82) is 0 Å². The van der Waals surface area contributed by atoms with Crippen LogP contribution in [0, 0.1) is 6.92 Å². The SMILES string of the molecule is Cc1ccc(Br)c(C(=O)Nc2ccc(C(C)C)cc2)c1. The van der Waals surface area contributed by atoms with Crippen LogP contribution in [0.2, 0.25) is 0 Å². The molecule has 0 bridgehead atoms. The van der Waals surface area contributed by atoms with Gasteiger partial charge >= 0.3 is 0 Å². The second-order valence-electron chi connectivity index (χ2n) is 5.21. The predicted octanol–water partition coefficient (Wildman–Crippen LogP) is 5.13. The zero-order valence-corrected chi connectivity index (χ0v) is 13.5.